The lowest BCUT2D eigenvalue weighted by molar-refractivity contribution is -0.137. The van der Waals surface area contributed by atoms with Crippen molar-refractivity contribution in [2.24, 2.45) is 0 Å². The number of fused-ring (bicyclic) bond motifs is 2. The minimum absolute atomic E-state index is 0.0587. The van der Waals surface area contributed by atoms with E-state index in [0.29, 0.717) is 40.4 Å². The maximum absolute atomic E-state index is 14.2. The van der Waals surface area contributed by atoms with E-state index < -0.39 is 16.6 Å². The molecule has 5 rings (SSSR count). The molecule has 36 heavy (non-hydrogen) atoms. The predicted octanol–water partition coefficient (Wildman–Crippen LogP) is 5.61. The molecule has 1 saturated heterocycles. The van der Waals surface area contributed by atoms with Gasteiger partial charge in [0.25, 0.3) is 11.8 Å². The van der Waals surface area contributed by atoms with Crippen LogP contribution in [0.15, 0.2) is 66.7 Å². The van der Waals surface area contributed by atoms with Crippen LogP contribution in [0.5, 0.6) is 5.75 Å². The number of thioether (sulfide) groups is 1. The second kappa shape index (κ2) is 8.89. The normalized spacial score (nSPS) is 19.2. The van der Waals surface area contributed by atoms with Gasteiger partial charge in [-0.15, -0.1) is 11.8 Å². The van der Waals surface area contributed by atoms with Gasteiger partial charge in [-0.1, -0.05) is 30.3 Å². The molecule has 5 nitrogen and oxygen atoms in total. The van der Waals surface area contributed by atoms with Gasteiger partial charge in [0.05, 0.1) is 24.9 Å². The molecule has 0 bridgehead atoms. The number of carbonyl (C=O) groups excluding carboxylic acids is 2. The molecule has 0 unspecified atom stereocenters. The zero-order valence-corrected chi connectivity index (χ0v) is 20.4. The molecule has 2 aliphatic rings. The third kappa shape index (κ3) is 3.82. The SMILES string of the molecule is COc1ccc2c(c1)[C@@]1(SCCN1C(=O)c1ccccc1C)C(=O)N2Cc1cccc(C(F)(F)F)c1. The summed E-state index contributed by atoms with van der Waals surface area (Å²) in [4.78, 5) is 29.6. The van der Waals surface area contributed by atoms with Crippen LogP contribution in [-0.4, -0.2) is 36.1 Å². The van der Waals surface area contributed by atoms with E-state index >= 15 is 0 Å². The van der Waals surface area contributed by atoms with Crippen molar-refractivity contribution < 1.29 is 27.5 Å². The maximum Gasteiger partial charge on any atom is 0.416 e. The number of ether oxygens (including phenoxy) is 1. The first-order chi connectivity index (χ1) is 17.2. The Balaban J connectivity index is 1.60. The van der Waals surface area contributed by atoms with Gasteiger partial charge in [0.15, 0.2) is 4.87 Å². The summed E-state index contributed by atoms with van der Waals surface area (Å²) in [6.07, 6.45) is -4.49. The molecule has 1 atom stereocenters. The molecule has 2 amide bonds. The highest BCUT2D eigenvalue weighted by molar-refractivity contribution is 8.01. The van der Waals surface area contributed by atoms with E-state index in [2.05, 4.69) is 0 Å². The van der Waals surface area contributed by atoms with Crippen molar-refractivity contribution in [1.29, 1.82) is 0 Å². The number of hydrogen-bond acceptors (Lipinski definition) is 4. The molecule has 0 radical (unpaired) electrons. The molecule has 0 aromatic heterocycles. The first kappa shape index (κ1) is 24.2. The van der Waals surface area contributed by atoms with E-state index in [1.54, 1.807) is 41.3 Å². The van der Waals surface area contributed by atoms with Gasteiger partial charge < -0.3 is 14.5 Å². The van der Waals surface area contributed by atoms with E-state index in [1.165, 1.54) is 29.8 Å². The number of hydrogen-bond donors (Lipinski definition) is 0. The van der Waals surface area contributed by atoms with Crippen molar-refractivity contribution in [3.05, 3.63) is 94.5 Å². The van der Waals surface area contributed by atoms with Crippen LogP contribution >= 0.6 is 11.8 Å². The van der Waals surface area contributed by atoms with Crippen molar-refractivity contribution in [2.45, 2.75) is 24.5 Å². The summed E-state index contributed by atoms with van der Waals surface area (Å²) in [6, 6.07) is 17.3. The molecule has 0 N–H and O–H groups in total. The molecule has 1 fully saturated rings. The molecular formula is C27H23F3N2O3S. The third-order valence-corrected chi connectivity index (χ3v) is 8.04. The average molecular weight is 513 g/mol. The topological polar surface area (TPSA) is 49.9 Å². The first-order valence-corrected chi connectivity index (χ1v) is 12.3. The number of rotatable bonds is 4. The van der Waals surface area contributed by atoms with Crippen LogP contribution in [0.1, 0.15) is 32.6 Å². The number of methoxy groups -OCH3 is 1. The smallest absolute Gasteiger partial charge is 0.416 e. The average Bonchev–Trinajstić information content (AvgIpc) is 3.40. The summed E-state index contributed by atoms with van der Waals surface area (Å²) in [5.74, 6) is 0.448. The lowest BCUT2D eigenvalue weighted by Crippen LogP contribution is -2.50. The molecule has 186 valence electrons. The highest BCUT2D eigenvalue weighted by Gasteiger charge is 2.59. The number of halogens is 3. The van der Waals surface area contributed by atoms with Crippen LogP contribution in [0.2, 0.25) is 0 Å². The van der Waals surface area contributed by atoms with E-state index in [1.807, 2.05) is 19.1 Å². The van der Waals surface area contributed by atoms with Gasteiger partial charge in [-0.2, -0.15) is 13.2 Å². The van der Waals surface area contributed by atoms with Gasteiger partial charge in [-0.25, -0.2) is 0 Å². The Labute approximate surface area is 210 Å². The standard InChI is InChI=1S/C27H23F3N2O3S/c1-17-6-3-4-9-21(17)24(33)32-12-13-36-26(32)22-15-20(35-2)10-11-23(22)31(25(26)34)16-18-7-5-8-19(14-18)27(28,29)30/h3-11,14-15H,12-13,16H2,1-2H3/t26-/m1/s1. The summed E-state index contributed by atoms with van der Waals surface area (Å²) in [5, 5.41) is 0. The summed E-state index contributed by atoms with van der Waals surface area (Å²) in [5.41, 5.74) is 2.03. The fourth-order valence-corrected chi connectivity index (χ4v) is 6.32. The number of alkyl halides is 3. The summed E-state index contributed by atoms with van der Waals surface area (Å²) >= 11 is 1.36. The summed E-state index contributed by atoms with van der Waals surface area (Å²) in [7, 11) is 1.52. The molecular weight excluding hydrogens is 489 g/mol. The van der Waals surface area contributed by atoms with Crippen molar-refractivity contribution in [3.63, 3.8) is 0 Å². The minimum atomic E-state index is -4.49. The maximum atomic E-state index is 14.2. The monoisotopic (exact) mass is 512 g/mol. The number of amides is 2. The van der Waals surface area contributed by atoms with Crippen LogP contribution in [0.3, 0.4) is 0 Å². The Kier molecular flexibility index (Phi) is 5.98. The zero-order valence-electron chi connectivity index (χ0n) is 19.6. The molecule has 0 saturated carbocycles. The van der Waals surface area contributed by atoms with Crippen molar-refractivity contribution in [1.82, 2.24) is 4.90 Å². The zero-order chi connectivity index (χ0) is 25.7. The van der Waals surface area contributed by atoms with Crippen LogP contribution in [0, 0.1) is 6.92 Å². The molecule has 2 aliphatic heterocycles. The third-order valence-electron chi connectivity index (χ3n) is 6.62. The molecule has 3 aromatic rings. The van der Waals surface area contributed by atoms with E-state index in [4.69, 9.17) is 4.74 Å². The largest absolute Gasteiger partial charge is 0.497 e. The van der Waals surface area contributed by atoms with Crippen LogP contribution in [0.4, 0.5) is 18.9 Å². The van der Waals surface area contributed by atoms with Gasteiger partial charge in [0.1, 0.15) is 5.75 Å². The fraction of sp³-hybridized carbons (Fsp3) is 0.259. The Morgan fingerprint density at radius 1 is 1.08 bits per heavy atom. The van der Waals surface area contributed by atoms with Crippen molar-refractivity contribution >= 4 is 29.3 Å². The van der Waals surface area contributed by atoms with Crippen molar-refractivity contribution in [2.75, 3.05) is 24.3 Å². The van der Waals surface area contributed by atoms with Crippen LogP contribution < -0.4 is 9.64 Å². The first-order valence-electron chi connectivity index (χ1n) is 11.3. The Hall–Kier alpha value is -3.46. The quantitative estimate of drug-likeness (QED) is 0.456. The molecule has 2 heterocycles. The number of benzene rings is 3. The van der Waals surface area contributed by atoms with Crippen LogP contribution in [0.25, 0.3) is 0 Å². The second-order valence-electron chi connectivity index (χ2n) is 8.74. The van der Waals surface area contributed by atoms with Crippen molar-refractivity contribution in [3.8, 4) is 5.75 Å². The lowest BCUT2D eigenvalue weighted by Gasteiger charge is -2.33. The van der Waals surface area contributed by atoms with E-state index in [9.17, 15) is 22.8 Å². The molecule has 0 aliphatic carbocycles. The van der Waals surface area contributed by atoms with Gasteiger partial charge in [0, 0.05) is 23.4 Å². The van der Waals surface area contributed by atoms with Gasteiger partial charge in [0.2, 0.25) is 0 Å². The Morgan fingerprint density at radius 2 is 1.86 bits per heavy atom. The van der Waals surface area contributed by atoms with E-state index in [-0.39, 0.29) is 18.4 Å². The van der Waals surface area contributed by atoms with Gasteiger partial charge in [-0.05, 0) is 54.4 Å². The molecule has 9 heteroatoms. The summed E-state index contributed by atoms with van der Waals surface area (Å²) < 4.78 is 45.4. The number of aryl methyl sites for hydroxylation is 1. The number of anilines is 1. The summed E-state index contributed by atoms with van der Waals surface area (Å²) in [6.45, 7) is 2.14. The second-order valence-corrected chi connectivity index (χ2v) is 10.0. The van der Waals surface area contributed by atoms with Gasteiger partial charge >= 0.3 is 6.18 Å². The number of nitrogens with zero attached hydrogens (tertiary/aromatic N) is 2. The predicted molar refractivity (Wildman–Crippen MR) is 132 cm³/mol. The lowest BCUT2D eigenvalue weighted by atomic mass is 10.0. The number of carbonyl (C=O) groups is 2. The Morgan fingerprint density at radius 3 is 2.58 bits per heavy atom. The Bertz CT molecular complexity index is 1360. The van der Waals surface area contributed by atoms with Gasteiger partial charge in [-0.3, -0.25) is 9.59 Å². The fourth-order valence-electron chi connectivity index (χ4n) is 4.87. The highest BCUT2D eigenvalue weighted by atomic mass is 32.2. The van der Waals surface area contributed by atoms with Crippen LogP contribution in [-0.2, 0) is 22.4 Å². The molecule has 1 spiro atoms. The van der Waals surface area contributed by atoms with E-state index in [0.717, 1.165) is 17.7 Å². The highest BCUT2D eigenvalue weighted by Crippen LogP contribution is 2.55. The minimum Gasteiger partial charge on any atom is -0.497 e. The molecule has 3 aromatic carbocycles.